The topological polar surface area (TPSA) is 81.4 Å². The van der Waals surface area contributed by atoms with Gasteiger partial charge in [0.05, 0.1) is 11.5 Å². The van der Waals surface area contributed by atoms with Gasteiger partial charge >= 0.3 is 0 Å². The highest BCUT2D eigenvalue weighted by molar-refractivity contribution is 7.89. The fourth-order valence-corrected chi connectivity index (χ4v) is 3.02. The second-order valence-electron chi connectivity index (χ2n) is 4.99. The number of sulfonamides is 1. The Morgan fingerprint density at radius 1 is 1.09 bits per heavy atom. The third-order valence-corrected chi connectivity index (χ3v) is 4.85. The lowest BCUT2D eigenvalue weighted by Crippen LogP contribution is -2.27. The molecule has 0 aliphatic heterocycles. The normalized spacial score (nSPS) is 11.5. The van der Waals surface area contributed by atoms with E-state index in [0.29, 0.717) is 6.61 Å². The molecule has 0 heterocycles. The molecule has 2 aromatic carbocycles. The number of anilines is 1. The predicted octanol–water partition coefficient (Wildman–Crippen LogP) is 2.17. The Morgan fingerprint density at radius 2 is 1.73 bits per heavy atom. The van der Waals surface area contributed by atoms with Crippen LogP contribution in [0.15, 0.2) is 47.4 Å². The lowest BCUT2D eigenvalue weighted by molar-refractivity contribution is 0.204. The average molecular weight is 320 g/mol. The van der Waals surface area contributed by atoms with E-state index in [2.05, 4.69) is 4.72 Å². The summed E-state index contributed by atoms with van der Waals surface area (Å²) in [4.78, 5) is 0.229. The molecule has 6 heteroatoms. The molecule has 0 aliphatic carbocycles. The first-order valence-electron chi connectivity index (χ1n) is 6.89. The molecule has 0 bridgehead atoms. The molecule has 22 heavy (non-hydrogen) atoms. The van der Waals surface area contributed by atoms with Gasteiger partial charge in [-0.2, -0.15) is 0 Å². The van der Waals surface area contributed by atoms with E-state index in [1.807, 2.05) is 25.1 Å². The Bertz CT molecular complexity index is 740. The minimum absolute atomic E-state index is 0.229. The first kappa shape index (κ1) is 16.5. The zero-order valence-electron chi connectivity index (χ0n) is 12.7. The van der Waals surface area contributed by atoms with E-state index in [0.717, 1.165) is 22.4 Å². The number of nitrogen functional groups attached to an aromatic ring is 1. The third-order valence-electron chi connectivity index (χ3n) is 3.38. The number of hydrogen-bond donors (Lipinski definition) is 2. The van der Waals surface area contributed by atoms with Crippen LogP contribution in [0.2, 0.25) is 0 Å². The van der Waals surface area contributed by atoms with Crippen molar-refractivity contribution in [2.24, 2.45) is 0 Å². The molecule has 0 aromatic heterocycles. The van der Waals surface area contributed by atoms with Crippen molar-refractivity contribution in [1.82, 2.24) is 4.72 Å². The molecule has 0 radical (unpaired) electrons. The van der Waals surface area contributed by atoms with Gasteiger partial charge in [0.2, 0.25) is 10.0 Å². The van der Waals surface area contributed by atoms with Crippen LogP contribution in [0.4, 0.5) is 5.69 Å². The number of ether oxygens (including phenoxy) is 1. The summed E-state index contributed by atoms with van der Waals surface area (Å²) >= 11 is 0. The minimum Gasteiger partial charge on any atom is -0.398 e. The maximum atomic E-state index is 12.1. The van der Waals surface area contributed by atoms with Crippen molar-refractivity contribution in [3.63, 3.8) is 0 Å². The molecular formula is C16H20N2O3S. The van der Waals surface area contributed by atoms with Gasteiger partial charge in [-0.25, -0.2) is 13.1 Å². The Balaban J connectivity index is 2.21. The van der Waals surface area contributed by atoms with Crippen molar-refractivity contribution >= 4 is 15.7 Å². The molecule has 2 aromatic rings. The van der Waals surface area contributed by atoms with Crippen molar-refractivity contribution in [1.29, 1.82) is 0 Å². The van der Waals surface area contributed by atoms with E-state index in [9.17, 15) is 8.42 Å². The zero-order chi connectivity index (χ0) is 16.2. The van der Waals surface area contributed by atoms with Crippen LogP contribution in [0.1, 0.15) is 5.56 Å². The molecule has 2 rings (SSSR count). The molecule has 5 nitrogen and oxygen atoms in total. The molecule has 3 N–H and O–H groups in total. The van der Waals surface area contributed by atoms with Gasteiger partial charge in [0.1, 0.15) is 0 Å². The molecule has 0 atom stereocenters. The summed E-state index contributed by atoms with van der Waals surface area (Å²) in [6.07, 6.45) is 0. The zero-order valence-corrected chi connectivity index (χ0v) is 13.5. The SMILES string of the molecule is COCCNS(=O)(=O)c1ccc(-c2ccc(C)c(N)c2)cc1. The molecule has 0 unspecified atom stereocenters. The van der Waals surface area contributed by atoms with E-state index in [4.69, 9.17) is 10.5 Å². The molecule has 0 aliphatic rings. The Hall–Kier alpha value is -1.89. The monoisotopic (exact) mass is 320 g/mol. The van der Waals surface area contributed by atoms with E-state index in [-0.39, 0.29) is 11.4 Å². The van der Waals surface area contributed by atoms with Crippen LogP contribution < -0.4 is 10.5 Å². The van der Waals surface area contributed by atoms with Crippen LogP contribution >= 0.6 is 0 Å². The molecule has 0 saturated heterocycles. The minimum atomic E-state index is -3.50. The van der Waals surface area contributed by atoms with Gasteiger partial charge in [0.15, 0.2) is 0 Å². The van der Waals surface area contributed by atoms with E-state index < -0.39 is 10.0 Å². The highest BCUT2D eigenvalue weighted by atomic mass is 32.2. The van der Waals surface area contributed by atoms with E-state index in [1.54, 1.807) is 24.3 Å². The number of methoxy groups -OCH3 is 1. The molecule has 0 amide bonds. The Labute approximate surface area is 131 Å². The number of hydrogen-bond acceptors (Lipinski definition) is 4. The number of nitrogens with one attached hydrogen (secondary N) is 1. The number of nitrogens with two attached hydrogens (primary N) is 1. The molecule has 0 saturated carbocycles. The second-order valence-corrected chi connectivity index (χ2v) is 6.75. The van der Waals surface area contributed by atoms with Crippen LogP contribution in [-0.4, -0.2) is 28.7 Å². The second kappa shape index (κ2) is 6.91. The molecule has 0 fully saturated rings. The summed E-state index contributed by atoms with van der Waals surface area (Å²) < 4.78 is 31.4. The highest BCUT2D eigenvalue weighted by Gasteiger charge is 2.13. The fourth-order valence-electron chi connectivity index (χ4n) is 2.01. The van der Waals surface area contributed by atoms with Gasteiger partial charge in [-0.15, -0.1) is 0 Å². The van der Waals surface area contributed by atoms with Crippen LogP contribution in [0, 0.1) is 6.92 Å². The van der Waals surface area contributed by atoms with E-state index in [1.165, 1.54) is 7.11 Å². The van der Waals surface area contributed by atoms with Crippen LogP contribution in [0.3, 0.4) is 0 Å². The van der Waals surface area contributed by atoms with Crippen molar-refractivity contribution < 1.29 is 13.2 Å². The number of rotatable bonds is 6. The van der Waals surface area contributed by atoms with Crippen LogP contribution in [0.5, 0.6) is 0 Å². The highest BCUT2D eigenvalue weighted by Crippen LogP contribution is 2.24. The van der Waals surface area contributed by atoms with Gasteiger partial charge in [-0.05, 0) is 41.8 Å². The largest absolute Gasteiger partial charge is 0.398 e. The molecule has 118 valence electrons. The van der Waals surface area contributed by atoms with Gasteiger partial charge < -0.3 is 10.5 Å². The molecule has 0 spiro atoms. The molecular weight excluding hydrogens is 300 g/mol. The summed E-state index contributed by atoms with van der Waals surface area (Å²) in [6, 6.07) is 12.5. The lowest BCUT2D eigenvalue weighted by Gasteiger charge is -2.08. The quantitative estimate of drug-likeness (QED) is 0.631. The third kappa shape index (κ3) is 3.85. The predicted molar refractivity (Wildman–Crippen MR) is 88.1 cm³/mol. The van der Waals surface area contributed by atoms with Crippen LogP contribution in [0.25, 0.3) is 11.1 Å². The van der Waals surface area contributed by atoms with Crippen molar-refractivity contribution in [2.75, 3.05) is 26.0 Å². The van der Waals surface area contributed by atoms with Gasteiger partial charge in [0.25, 0.3) is 0 Å². The maximum absolute atomic E-state index is 12.1. The summed E-state index contributed by atoms with van der Waals surface area (Å²) in [7, 11) is -1.98. The summed E-state index contributed by atoms with van der Waals surface area (Å²) in [5, 5.41) is 0. The van der Waals surface area contributed by atoms with Gasteiger partial charge in [-0.3, -0.25) is 0 Å². The van der Waals surface area contributed by atoms with Crippen molar-refractivity contribution in [3.05, 3.63) is 48.0 Å². The summed E-state index contributed by atoms with van der Waals surface area (Å²) in [6.45, 7) is 2.52. The smallest absolute Gasteiger partial charge is 0.240 e. The Morgan fingerprint density at radius 3 is 2.32 bits per heavy atom. The average Bonchev–Trinajstić information content (AvgIpc) is 2.50. The first-order chi connectivity index (χ1) is 10.4. The summed E-state index contributed by atoms with van der Waals surface area (Å²) in [5.74, 6) is 0. The lowest BCUT2D eigenvalue weighted by atomic mass is 10.0. The Kier molecular flexibility index (Phi) is 5.18. The standard InChI is InChI=1S/C16H20N2O3S/c1-12-3-4-14(11-16(12)17)13-5-7-15(8-6-13)22(19,20)18-9-10-21-2/h3-8,11,18H,9-10,17H2,1-2H3. The van der Waals surface area contributed by atoms with Crippen molar-refractivity contribution in [3.8, 4) is 11.1 Å². The van der Waals surface area contributed by atoms with Gasteiger partial charge in [0, 0.05) is 19.3 Å². The van der Waals surface area contributed by atoms with Gasteiger partial charge in [-0.1, -0.05) is 24.3 Å². The summed E-state index contributed by atoms with van der Waals surface area (Å²) in [5.41, 5.74) is 9.52. The van der Waals surface area contributed by atoms with E-state index >= 15 is 0 Å². The maximum Gasteiger partial charge on any atom is 0.240 e. The van der Waals surface area contributed by atoms with Crippen molar-refractivity contribution in [2.45, 2.75) is 11.8 Å². The first-order valence-corrected chi connectivity index (χ1v) is 8.37. The fraction of sp³-hybridized carbons (Fsp3) is 0.250. The van der Waals surface area contributed by atoms with Crippen LogP contribution in [-0.2, 0) is 14.8 Å². The number of aryl methyl sites for hydroxylation is 1. The number of benzene rings is 2.